The van der Waals surface area contributed by atoms with Gasteiger partial charge in [-0.1, -0.05) is 0 Å². The van der Waals surface area contributed by atoms with Crippen LogP contribution in [0.25, 0.3) is 0 Å². The summed E-state index contributed by atoms with van der Waals surface area (Å²) in [6.45, 7) is -0.535. The second kappa shape index (κ2) is 9.54. The molecule has 4 rings (SSSR count). The molecule has 0 saturated heterocycles. The minimum Gasteiger partial charge on any atom is -0.481 e. The molecule has 190 valence electrons. The van der Waals surface area contributed by atoms with Crippen LogP contribution < -0.4 is 0 Å². The van der Waals surface area contributed by atoms with Crippen molar-refractivity contribution in [2.45, 2.75) is 57.8 Å². The number of amides is 1. The van der Waals surface area contributed by atoms with Gasteiger partial charge in [0, 0.05) is 18.5 Å². The number of hydrogen-bond donors (Lipinski definition) is 1. The zero-order valence-electron chi connectivity index (χ0n) is 18.5. The van der Waals surface area contributed by atoms with Crippen LogP contribution in [0.2, 0.25) is 0 Å². The number of rotatable bonds is 5. The largest absolute Gasteiger partial charge is 0.481 e. The Bertz CT molecular complexity index is 1120. The standard InChI is InChI=1S/C23H23F6N3O3/c24-16-7-13(8-17(25)20(16)26)10-32-18-11-31(6-5-15(18)21(30-32)23(27,28)29)19(33)9-12-1-3-14(4-2-12)22(34)35/h7-8,12,14H,1-6,9-11H2,(H,34,35)/t12-,14-. The summed E-state index contributed by atoms with van der Waals surface area (Å²) in [6.07, 6.45) is -2.57. The second-order valence-corrected chi connectivity index (χ2v) is 9.13. The summed E-state index contributed by atoms with van der Waals surface area (Å²) >= 11 is 0. The van der Waals surface area contributed by atoms with Gasteiger partial charge in [-0.15, -0.1) is 0 Å². The zero-order chi connectivity index (χ0) is 25.5. The van der Waals surface area contributed by atoms with E-state index < -0.39 is 47.8 Å². The van der Waals surface area contributed by atoms with Gasteiger partial charge in [-0.2, -0.15) is 18.3 Å². The SMILES string of the molecule is O=C(C[C@H]1CC[C@H](C(=O)O)CC1)N1CCc2c(C(F)(F)F)nn(Cc3cc(F)c(F)c(F)c3)c2C1. The predicted octanol–water partition coefficient (Wildman–Crippen LogP) is 4.53. The lowest BCUT2D eigenvalue weighted by atomic mass is 9.80. The molecule has 35 heavy (non-hydrogen) atoms. The molecule has 1 fully saturated rings. The topological polar surface area (TPSA) is 75.4 Å². The number of aliphatic carboxylic acids is 1. The Morgan fingerprint density at radius 3 is 2.26 bits per heavy atom. The maximum atomic E-state index is 13.6. The van der Waals surface area contributed by atoms with Gasteiger partial charge in [-0.25, -0.2) is 13.2 Å². The summed E-state index contributed by atoms with van der Waals surface area (Å²) < 4.78 is 82.3. The molecule has 12 heteroatoms. The summed E-state index contributed by atoms with van der Waals surface area (Å²) in [7, 11) is 0. The molecule has 0 bridgehead atoms. The minimum absolute atomic E-state index is 0.000286. The van der Waals surface area contributed by atoms with E-state index in [1.807, 2.05) is 0 Å². The highest BCUT2D eigenvalue weighted by molar-refractivity contribution is 5.77. The van der Waals surface area contributed by atoms with Crippen LogP contribution in [0, 0.1) is 29.3 Å². The fourth-order valence-electron chi connectivity index (χ4n) is 4.91. The van der Waals surface area contributed by atoms with Gasteiger partial charge >= 0.3 is 12.1 Å². The van der Waals surface area contributed by atoms with Crippen molar-refractivity contribution in [1.82, 2.24) is 14.7 Å². The lowest BCUT2D eigenvalue weighted by molar-refractivity contribution is -0.143. The van der Waals surface area contributed by atoms with Crippen molar-refractivity contribution in [2.24, 2.45) is 11.8 Å². The number of aromatic nitrogens is 2. The van der Waals surface area contributed by atoms with Gasteiger partial charge in [-0.3, -0.25) is 14.3 Å². The lowest BCUT2D eigenvalue weighted by Crippen LogP contribution is -2.38. The van der Waals surface area contributed by atoms with Gasteiger partial charge in [0.15, 0.2) is 23.1 Å². The Morgan fingerprint density at radius 2 is 1.69 bits per heavy atom. The summed E-state index contributed by atoms with van der Waals surface area (Å²) in [4.78, 5) is 25.4. The average Bonchev–Trinajstić information content (AvgIpc) is 3.16. The van der Waals surface area contributed by atoms with Gasteiger partial charge in [0.25, 0.3) is 0 Å². The van der Waals surface area contributed by atoms with E-state index in [9.17, 15) is 35.9 Å². The first kappa shape index (κ1) is 25.1. The third-order valence-electron chi connectivity index (χ3n) is 6.80. The summed E-state index contributed by atoms with van der Waals surface area (Å²) in [5.74, 6) is -6.14. The molecule has 1 aromatic carbocycles. The maximum absolute atomic E-state index is 13.6. The van der Waals surface area contributed by atoms with Crippen LogP contribution in [0.1, 0.15) is 54.6 Å². The average molecular weight is 503 g/mol. The molecular formula is C23H23F6N3O3. The first-order valence-electron chi connectivity index (χ1n) is 11.2. The lowest BCUT2D eigenvalue weighted by Gasteiger charge is -2.31. The van der Waals surface area contributed by atoms with E-state index in [0.717, 1.165) is 4.68 Å². The number of carbonyl (C=O) groups excluding carboxylic acids is 1. The van der Waals surface area contributed by atoms with E-state index in [1.54, 1.807) is 0 Å². The van der Waals surface area contributed by atoms with Crippen molar-refractivity contribution in [1.29, 1.82) is 0 Å². The molecule has 2 heterocycles. The Morgan fingerprint density at radius 1 is 1.06 bits per heavy atom. The first-order chi connectivity index (χ1) is 16.4. The van der Waals surface area contributed by atoms with Crippen LogP contribution in [0.4, 0.5) is 26.3 Å². The molecule has 1 aliphatic carbocycles. The molecule has 1 aliphatic heterocycles. The van der Waals surface area contributed by atoms with Crippen molar-refractivity contribution >= 4 is 11.9 Å². The van der Waals surface area contributed by atoms with Crippen LogP contribution in [-0.2, 0) is 35.3 Å². The van der Waals surface area contributed by atoms with Crippen LogP contribution in [0.5, 0.6) is 0 Å². The van der Waals surface area contributed by atoms with Gasteiger partial charge in [0.1, 0.15) is 0 Å². The fraction of sp³-hybridized carbons (Fsp3) is 0.522. The van der Waals surface area contributed by atoms with Crippen molar-refractivity contribution in [3.05, 3.63) is 52.1 Å². The molecule has 6 nitrogen and oxygen atoms in total. The Labute approximate surface area is 196 Å². The van der Waals surface area contributed by atoms with Gasteiger partial charge in [0.05, 0.1) is 24.7 Å². The molecule has 1 saturated carbocycles. The summed E-state index contributed by atoms with van der Waals surface area (Å²) in [5, 5.41) is 12.7. The Kier molecular flexibility index (Phi) is 6.83. The number of alkyl halides is 3. The van der Waals surface area contributed by atoms with E-state index >= 15 is 0 Å². The number of halogens is 6. The highest BCUT2D eigenvalue weighted by Gasteiger charge is 2.41. The molecule has 0 unspecified atom stereocenters. The number of carboxylic acids is 1. The van der Waals surface area contributed by atoms with Crippen molar-refractivity contribution in [3.8, 4) is 0 Å². The van der Waals surface area contributed by atoms with Gasteiger partial charge < -0.3 is 10.0 Å². The van der Waals surface area contributed by atoms with E-state index in [-0.39, 0.29) is 54.6 Å². The smallest absolute Gasteiger partial charge is 0.435 e. The first-order valence-corrected chi connectivity index (χ1v) is 11.2. The monoisotopic (exact) mass is 503 g/mol. The molecule has 0 spiro atoms. The number of carboxylic acid groups (broad SMARTS) is 1. The fourth-order valence-corrected chi connectivity index (χ4v) is 4.91. The number of carbonyl (C=O) groups is 2. The molecule has 2 aromatic rings. The number of nitrogens with zero attached hydrogens (tertiary/aromatic N) is 3. The van der Waals surface area contributed by atoms with Gasteiger partial charge in [-0.05, 0) is 55.7 Å². The van der Waals surface area contributed by atoms with E-state index in [0.29, 0.717) is 37.8 Å². The number of benzene rings is 1. The van der Waals surface area contributed by atoms with Crippen LogP contribution in [-0.4, -0.2) is 38.2 Å². The Balaban J connectivity index is 1.53. The van der Waals surface area contributed by atoms with Gasteiger partial charge in [0.2, 0.25) is 5.91 Å². The van der Waals surface area contributed by atoms with E-state index in [2.05, 4.69) is 5.10 Å². The maximum Gasteiger partial charge on any atom is 0.435 e. The van der Waals surface area contributed by atoms with E-state index in [4.69, 9.17) is 5.11 Å². The van der Waals surface area contributed by atoms with Crippen LogP contribution in [0.3, 0.4) is 0 Å². The predicted molar refractivity (Wildman–Crippen MR) is 109 cm³/mol. The molecule has 0 radical (unpaired) electrons. The quantitative estimate of drug-likeness (QED) is 0.481. The highest BCUT2D eigenvalue weighted by Crippen LogP contribution is 2.36. The summed E-state index contributed by atoms with van der Waals surface area (Å²) in [5.41, 5.74) is -1.20. The normalized spacial score (nSPS) is 20.6. The third-order valence-corrected chi connectivity index (χ3v) is 6.80. The number of fused-ring (bicyclic) bond motifs is 1. The minimum atomic E-state index is -4.76. The number of hydrogen-bond acceptors (Lipinski definition) is 3. The summed E-state index contributed by atoms with van der Waals surface area (Å²) in [6, 6.07) is 1.39. The molecule has 2 aliphatic rings. The van der Waals surface area contributed by atoms with Crippen LogP contribution >= 0.6 is 0 Å². The van der Waals surface area contributed by atoms with E-state index in [1.165, 1.54) is 4.90 Å². The van der Waals surface area contributed by atoms with Crippen LogP contribution in [0.15, 0.2) is 12.1 Å². The second-order valence-electron chi connectivity index (χ2n) is 9.13. The molecule has 1 N–H and O–H groups in total. The zero-order valence-corrected chi connectivity index (χ0v) is 18.5. The Hall–Kier alpha value is -3.05. The van der Waals surface area contributed by atoms with Crippen molar-refractivity contribution in [2.75, 3.05) is 6.54 Å². The van der Waals surface area contributed by atoms with Crippen molar-refractivity contribution in [3.63, 3.8) is 0 Å². The molecule has 1 amide bonds. The molecule has 0 atom stereocenters. The highest BCUT2D eigenvalue weighted by atomic mass is 19.4. The third kappa shape index (κ3) is 5.30. The molecule has 1 aromatic heterocycles. The van der Waals surface area contributed by atoms with Crippen molar-refractivity contribution < 1.29 is 41.0 Å². The molecular weight excluding hydrogens is 480 g/mol.